The molecule has 1 aromatic rings. The molecule has 0 spiro atoms. The number of rotatable bonds is 5. The first-order chi connectivity index (χ1) is 11.8. The first kappa shape index (κ1) is 19.4. The molecule has 1 heterocycles. The van der Waals surface area contributed by atoms with Crippen LogP contribution in [0.1, 0.15) is 32.8 Å². The number of likely N-dealkylation sites (N-methyl/N-ethyl adjacent to an activating group) is 1. The van der Waals surface area contributed by atoms with E-state index in [-0.39, 0.29) is 24.4 Å². The molecule has 3 atom stereocenters. The van der Waals surface area contributed by atoms with E-state index < -0.39 is 0 Å². The van der Waals surface area contributed by atoms with E-state index in [1.807, 2.05) is 38.1 Å². The normalized spacial score (nSPS) is 22.3. The highest BCUT2D eigenvalue weighted by atomic mass is 16.2. The fourth-order valence-corrected chi connectivity index (χ4v) is 3.63. The molecule has 25 heavy (non-hydrogen) atoms. The SMILES string of the molecule is Cc1ccc(NC(=O)CN(C)C(=O)[C@@H](C)N2C[C@H](C)C[C@H](C)C2)cc1. The lowest BCUT2D eigenvalue weighted by Gasteiger charge is -2.39. The van der Waals surface area contributed by atoms with Crippen molar-refractivity contribution in [2.24, 2.45) is 11.8 Å². The Hall–Kier alpha value is -1.88. The second-order valence-corrected chi connectivity index (χ2v) is 7.68. The number of amides is 2. The Labute approximate surface area is 151 Å². The Balaban J connectivity index is 1.88. The minimum atomic E-state index is -0.192. The molecule has 1 aliphatic heterocycles. The van der Waals surface area contributed by atoms with Crippen molar-refractivity contribution in [3.8, 4) is 0 Å². The Morgan fingerprint density at radius 3 is 2.32 bits per heavy atom. The zero-order valence-corrected chi connectivity index (χ0v) is 16.1. The van der Waals surface area contributed by atoms with Gasteiger partial charge in [0.2, 0.25) is 11.8 Å². The van der Waals surface area contributed by atoms with Gasteiger partial charge in [-0.25, -0.2) is 0 Å². The third-order valence-corrected chi connectivity index (χ3v) is 4.89. The molecule has 0 saturated carbocycles. The number of anilines is 1. The summed E-state index contributed by atoms with van der Waals surface area (Å²) in [6, 6.07) is 7.45. The molecule has 1 fully saturated rings. The van der Waals surface area contributed by atoms with E-state index >= 15 is 0 Å². The van der Waals surface area contributed by atoms with Crippen molar-refractivity contribution in [1.29, 1.82) is 0 Å². The van der Waals surface area contributed by atoms with Crippen LogP contribution in [0.4, 0.5) is 5.69 Å². The first-order valence-electron chi connectivity index (χ1n) is 9.11. The Morgan fingerprint density at radius 1 is 1.20 bits per heavy atom. The van der Waals surface area contributed by atoms with Crippen LogP contribution in [0.25, 0.3) is 0 Å². The van der Waals surface area contributed by atoms with E-state index in [0.29, 0.717) is 11.8 Å². The number of benzene rings is 1. The van der Waals surface area contributed by atoms with Gasteiger partial charge in [-0.15, -0.1) is 0 Å². The highest BCUT2D eigenvalue weighted by molar-refractivity contribution is 5.95. The predicted octanol–water partition coefficient (Wildman–Crippen LogP) is 2.76. The molecule has 138 valence electrons. The summed E-state index contributed by atoms with van der Waals surface area (Å²) in [7, 11) is 1.70. The quantitative estimate of drug-likeness (QED) is 0.893. The molecule has 5 nitrogen and oxygen atoms in total. The minimum Gasteiger partial charge on any atom is -0.335 e. The van der Waals surface area contributed by atoms with Crippen molar-refractivity contribution in [2.75, 3.05) is 32.0 Å². The zero-order chi connectivity index (χ0) is 18.6. The molecular formula is C20H31N3O2. The van der Waals surface area contributed by atoms with Crippen LogP contribution in [-0.4, -0.2) is 54.3 Å². The molecular weight excluding hydrogens is 314 g/mol. The van der Waals surface area contributed by atoms with Crippen molar-refractivity contribution in [3.63, 3.8) is 0 Å². The van der Waals surface area contributed by atoms with E-state index in [1.54, 1.807) is 7.05 Å². The highest BCUT2D eigenvalue weighted by Gasteiger charge is 2.30. The maximum Gasteiger partial charge on any atom is 0.243 e. The van der Waals surface area contributed by atoms with Crippen molar-refractivity contribution in [1.82, 2.24) is 9.80 Å². The van der Waals surface area contributed by atoms with Gasteiger partial charge in [0.15, 0.2) is 0 Å². The van der Waals surface area contributed by atoms with E-state index in [9.17, 15) is 9.59 Å². The molecule has 0 bridgehead atoms. The van der Waals surface area contributed by atoms with Gasteiger partial charge in [0.05, 0.1) is 12.6 Å². The topological polar surface area (TPSA) is 52.7 Å². The number of nitrogens with zero attached hydrogens (tertiary/aromatic N) is 2. The van der Waals surface area contributed by atoms with Crippen LogP contribution in [-0.2, 0) is 9.59 Å². The highest BCUT2D eigenvalue weighted by Crippen LogP contribution is 2.23. The fourth-order valence-electron chi connectivity index (χ4n) is 3.63. The van der Waals surface area contributed by atoms with E-state index in [4.69, 9.17) is 0 Å². The van der Waals surface area contributed by atoms with Gasteiger partial charge in [0.25, 0.3) is 0 Å². The number of nitrogens with one attached hydrogen (secondary N) is 1. The summed E-state index contributed by atoms with van der Waals surface area (Å²) in [5.74, 6) is 1.04. The number of aryl methyl sites for hydroxylation is 1. The molecule has 5 heteroatoms. The summed E-state index contributed by atoms with van der Waals surface area (Å²) in [6.07, 6.45) is 1.21. The molecule has 0 radical (unpaired) electrons. The lowest BCUT2D eigenvalue weighted by atomic mass is 9.91. The van der Waals surface area contributed by atoms with Crippen molar-refractivity contribution in [2.45, 2.75) is 40.2 Å². The predicted molar refractivity (Wildman–Crippen MR) is 101 cm³/mol. The van der Waals surface area contributed by atoms with Crippen LogP contribution >= 0.6 is 0 Å². The van der Waals surface area contributed by atoms with Gasteiger partial charge in [-0.1, -0.05) is 31.5 Å². The minimum absolute atomic E-state index is 0.000330. The third kappa shape index (κ3) is 5.56. The molecule has 1 aliphatic rings. The number of carbonyl (C=O) groups excluding carboxylic acids is 2. The lowest BCUT2D eigenvalue weighted by molar-refractivity contribution is -0.138. The number of likely N-dealkylation sites (tertiary alicyclic amines) is 1. The van der Waals surface area contributed by atoms with Gasteiger partial charge in [0, 0.05) is 25.8 Å². The number of piperidine rings is 1. The van der Waals surface area contributed by atoms with Crippen LogP contribution < -0.4 is 5.32 Å². The Kier molecular flexibility index (Phi) is 6.59. The Bertz CT molecular complexity index is 589. The zero-order valence-electron chi connectivity index (χ0n) is 16.1. The summed E-state index contributed by atoms with van der Waals surface area (Å²) in [5, 5.41) is 2.84. The molecule has 2 rings (SSSR count). The van der Waals surface area contributed by atoms with Gasteiger partial charge in [-0.05, 0) is 44.2 Å². The van der Waals surface area contributed by atoms with Crippen LogP contribution in [0.5, 0.6) is 0 Å². The first-order valence-corrected chi connectivity index (χ1v) is 9.11. The van der Waals surface area contributed by atoms with Crippen LogP contribution in [0.3, 0.4) is 0 Å². The summed E-state index contributed by atoms with van der Waals surface area (Å²) in [5.41, 5.74) is 1.90. The third-order valence-electron chi connectivity index (χ3n) is 4.89. The van der Waals surface area contributed by atoms with Crippen molar-refractivity contribution in [3.05, 3.63) is 29.8 Å². The second-order valence-electron chi connectivity index (χ2n) is 7.68. The van der Waals surface area contributed by atoms with Crippen LogP contribution in [0.2, 0.25) is 0 Å². The summed E-state index contributed by atoms with van der Waals surface area (Å²) in [4.78, 5) is 28.7. The summed E-state index contributed by atoms with van der Waals surface area (Å²) < 4.78 is 0. The maximum absolute atomic E-state index is 12.7. The molecule has 1 N–H and O–H groups in total. The average Bonchev–Trinajstić information content (AvgIpc) is 2.54. The molecule has 0 aromatic heterocycles. The standard InChI is InChI=1S/C20H31N3O2/c1-14-6-8-18(9-7-14)21-19(24)13-22(5)20(25)17(4)23-11-15(2)10-16(3)12-23/h6-9,15-17H,10-13H2,1-5H3,(H,21,24)/t15-,16+,17-/m1/s1. The van der Waals surface area contributed by atoms with Gasteiger partial charge in [0.1, 0.15) is 0 Å². The molecule has 0 unspecified atom stereocenters. The second kappa shape index (κ2) is 8.48. The molecule has 1 saturated heterocycles. The van der Waals surface area contributed by atoms with Crippen molar-refractivity contribution >= 4 is 17.5 Å². The largest absolute Gasteiger partial charge is 0.335 e. The van der Waals surface area contributed by atoms with Gasteiger partial charge in [-0.2, -0.15) is 0 Å². The number of hydrogen-bond acceptors (Lipinski definition) is 3. The van der Waals surface area contributed by atoms with E-state index in [0.717, 1.165) is 24.3 Å². The average molecular weight is 345 g/mol. The van der Waals surface area contributed by atoms with E-state index in [1.165, 1.54) is 11.3 Å². The molecule has 0 aliphatic carbocycles. The monoisotopic (exact) mass is 345 g/mol. The van der Waals surface area contributed by atoms with Gasteiger partial charge in [-0.3, -0.25) is 14.5 Å². The van der Waals surface area contributed by atoms with Crippen molar-refractivity contribution < 1.29 is 9.59 Å². The summed E-state index contributed by atoms with van der Waals surface area (Å²) in [6.45, 7) is 10.4. The van der Waals surface area contributed by atoms with Gasteiger partial charge >= 0.3 is 0 Å². The lowest BCUT2D eigenvalue weighted by Crippen LogP contribution is -2.51. The fraction of sp³-hybridized carbons (Fsp3) is 0.600. The number of carbonyl (C=O) groups is 2. The maximum atomic E-state index is 12.7. The van der Waals surface area contributed by atoms with Crippen LogP contribution in [0.15, 0.2) is 24.3 Å². The Morgan fingerprint density at radius 2 is 1.76 bits per heavy atom. The van der Waals surface area contributed by atoms with Crippen LogP contribution in [0, 0.1) is 18.8 Å². The summed E-state index contributed by atoms with van der Waals surface area (Å²) >= 11 is 0. The van der Waals surface area contributed by atoms with Gasteiger partial charge < -0.3 is 10.2 Å². The number of hydrogen-bond donors (Lipinski definition) is 1. The molecule has 2 amide bonds. The molecule has 1 aromatic carbocycles. The van der Waals surface area contributed by atoms with E-state index in [2.05, 4.69) is 24.1 Å². The smallest absolute Gasteiger partial charge is 0.243 e.